The van der Waals surface area contributed by atoms with Crippen LogP contribution in [0, 0.1) is 0 Å². The van der Waals surface area contributed by atoms with Crippen LogP contribution < -0.4 is 4.90 Å². The molecule has 0 spiro atoms. The molecular formula is C19H26N4. The molecule has 0 radical (unpaired) electrons. The third-order valence-corrected chi connectivity index (χ3v) is 5.34. The third-order valence-electron chi connectivity index (χ3n) is 5.34. The molecule has 2 saturated heterocycles. The summed E-state index contributed by atoms with van der Waals surface area (Å²) in [5, 5.41) is 1.22. The van der Waals surface area contributed by atoms with Gasteiger partial charge in [0.1, 0.15) is 5.82 Å². The van der Waals surface area contributed by atoms with Gasteiger partial charge in [-0.15, -0.1) is 0 Å². The van der Waals surface area contributed by atoms with Crippen molar-refractivity contribution in [2.45, 2.75) is 18.9 Å². The van der Waals surface area contributed by atoms with Crippen LogP contribution in [0.2, 0.25) is 0 Å². The number of aromatic nitrogens is 1. The van der Waals surface area contributed by atoms with Crippen molar-refractivity contribution in [1.29, 1.82) is 0 Å². The van der Waals surface area contributed by atoms with Crippen LogP contribution >= 0.6 is 0 Å². The van der Waals surface area contributed by atoms with Crippen molar-refractivity contribution in [2.75, 3.05) is 51.2 Å². The van der Waals surface area contributed by atoms with Gasteiger partial charge in [-0.25, -0.2) is 4.98 Å². The first-order valence-corrected chi connectivity index (χ1v) is 8.83. The Kier molecular flexibility index (Phi) is 4.19. The van der Waals surface area contributed by atoms with E-state index in [0.29, 0.717) is 0 Å². The second-order valence-electron chi connectivity index (χ2n) is 6.94. The number of benzene rings is 1. The molecule has 1 unspecified atom stereocenters. The molecule has 4 rings (SSSR count). The summed E-state index contributed by atoms with van der Waals surface area (Å²) in [5.41, 5.74) is 1.10. The van der Waals surface area contributed by atoms with E-state index in [-0.39, 0.29) is 0 Å². The number of hydrogen-bond donors (Lipinski definition) is 0. The molecule has 1 aromatic heterocycles. The number of hydrogen-bond acceptors (Lipinski definition) is 4. The Labute approximate surface area is 138 Å². The fraction of sp³-hybridized carbons (Fsp3) is 0.526. The van der Waals surface area contributed by atoms with E-state index in [4.69, 9.17) is 4.98 Å². The van der Waals surface area contributed by atoms with Crippen molar-refractivity contribution >= 4 is 16.7 Å². The highest BCUT2D eigenvalue weighted by Crippen LogP contribution is 2.21. The van der Waals surface area contributed by atoms with Crippen molar-refractivity contribution in [1.82, 2.24) is 14.8 Å². The van der Waals surface area contributed by atoms with Gasteiger partial charge in [0.05, 0.1) is 5.52 Å². The van der Waals surface area contributed by atoms with Gasteiger partial charge in [-0.2, -0.15) is 0 Å². The van der Waals surface area contributed by atoms with Crippen molar-refractivity contribution in [3.63, 3.8) is 0 Å². The fourth-order valence-corrected chi connectivity index (χ4v) is 3.98. The molecule has 0 saturated carbocycles. The summed E-state index contributed by atoms with van der Waals surface area (Å²) >= 11 is 0. The largest absolute Gasteiger partial charge is 0.354 e. The average molecular weight is 310 g/mol. The van der Waals surface area contributed by atoms with Gasteiger partial charge in [0.15, 0.2) is 0 Å². The molecule has 2 aliphatic heterocycles. The molecule has 0 amide bonds. The number of anilines is 1. The molecule has 4 nitrogen and oxygen atoms in total. The first-order valence-electron chi connectivity index (χ1n) is 8.83. The number of fused-ring (bicyclic) bond motifs is 1. The van der Waals surface area contributed by atoms with Gasteiger partial charge in [-0.3, -0.25) is 4.90 Å². The molecule has 3 heterocycles. The molecule has 122 valence electrons. The van der Waals surface area contributed by atoms with Gasteiger partial charge >= 0.3 is 0 Å². The first-order chi connectivity index (χ1) is 11.3. The summed E-state index contributed by atoms with van der Waals surface area (Å²) in [6, 6.07) is 13.5. The maximum Gasteiger partial charge on any atom is 0.129 e. The van der Waals surface area contributed by atoms with Crippen LogP contribution in [0.25, 0.3) is 10.9 Å². The highest BCUT2D eigenvalue weighted by atomic mass is 15.3. The zero-order chi connectivity index (χ0) is 15.6. The summed E-state index contributed by atoms with van der Waals surface area (Å²) in [6.07, 6.45) is 2.70. The third kappa shape index (κ3) is 3.19. The SMILES string of the molecule is CN1CCCC(N2CCN(c3ccc4ccccc4n3)CC2)C1. The van der Waals surface area contributed by atoms with Crippen LogP contribution in [0.5, 0.6) is 0 Å². The monoisotopic (exact) mass is 310 g/mol. The molecule has 4 heteroatoms. The van der Waals surface area contributed by atoms with Gasteiger partial charge in [0, 0.05) is 44.2 Å². The number of rotatable bonds is 2. The second kappa shape index (κ2) is 6.46. The second-order valence-corrected chi connectivity index (χ2v) is 6.94. The van der Waals surface area contributed by atoms with Gasteiger partial charge in [-0.1, -0.05) is 18.2 Å². The lowest BCUT2D eigenvalue weighted by Crippen LogP contribution is -2.54. The number of likely N-dealkylation sites (N-methyl/N-ethyl adjacent to an activating group) is 1. The average Bonchev–Trinajstić information content (AvgIpc) is 2.61. The Morgan fingerprint density at radius 1 is 0.957 bits per heavy atom. The standard InChI is InChI=1S/C19H26N4/c1-21-10-4-6-17(15-21)22-11-13-23(14-12-22)19-9-8-16-5-2-3-7-18(16)20-19/h2-3,5,7-9,17H,4,6,10-15H2,1H3. The van der Waals surface area contributed by atoms with Crippen molar-refractivity contribution < 1.29 is 0 Å². The Morgan fingerprint density at radius 2 is 1.78 bits per heavy atom. The minimum Gasteiger partial charge on any atom is -0.354 e. The molecule has 1 aromatic carbocycles. The van der Waals surface area contributed by atoms with E-state index >= 15 is 0 Å². The topological polar surface area (TPSA) is 22.6 Å². The molecule has 1 atom stereocenters. The molecule has 2 aliphatic rings. The Hall–Kier alpha value is -1.65. The predicted molar refractivity (Wildman–Crippen MR) is 96.0 cm³/mol. The summed E-state index contributed by atoms with van der Waals surface area (Å²) in [5.74, 6) is 1.13. The van der Waals surface area contributed by atoms with Gasteiger partial charge in [0.2, 0.25) is 0 Å². The number of likely N-dealkylation sites (tertiary alicyclic amines) is 1. The molecule has 0 aliphatic carbocycles. The van der Waals surface area contributed by atoms with E-state index in [9.17, 15) is 0 Å². The molecule has 0 N–H and O–H groups in total. The zero-order valence-corrected chi connectivity index (χ0v) is 14.0. The number of para-hydroxylation sites is 1. The normalized spacial score (nSPS) is 24.2. The Balaban J connectivity index is 1.42. The summed E-state index contributed by atoms with van der Waals surface area (Å²) < 4.78 is 0. The minimum atomic E-state index is 0.750. The van der Waals surface area contributed by atoms with E-state index in [1.807, 2.05) is 0 Å². The number of piperidine rings is 1. The van der Waals surface area contributed by atoms with Gasteiger partial charge < -0.3 is 9.80 Å². The van der Waals surface area contributed by atoms with Crippen molar-refractivity contribution in [3.8, 4) is 0 Å². The molecule has 23 heavy (non-hydrogen) atoms. The van der Waals surface area contributed by atoms with Gasteiger partial charge in [0.25, 0.3) is 0 Å². The lowest BCUT2D eigenvalue weighted by atomic mass is 10.0. The highest BCUT2D eigenvalue weighted by Gasteiger charge is 2.27. The van der Waals surface area contributed by atoms with Gasteiger partial charge in [-0.05, 0) is 44.6 Å². The van der Waals surface area contributed by atoms with Crippen LogP contribution in [0.15, 0.2) is 36.4 Å². The van der Waals surface area contributed by atoms with Crippen LogP contribution in [0.4, 0.5) is 5.82 Å². The highest BCUT2D eigenvalue weighted by molar-refractivity contribution is 5.80. The lowest BCUT2D eigenvalue weighted by Gasteiger charge is -2.43. The Morgan fingerprint density at radius 3 is 2.61 bits per heavy atom. The van der Waals surface area contributed by atoms with Crippen LogP contribution in [0.3, 0.4) is 0 Å². The van der Waals surface area contributed by atoms with Crippen LogP contribution in [-0.4, -0.2) is 67.1 Å². The fourth-order valence-electron chi connectivity index (χ4n) is 3.98. The zero-order valence-electron chi connectivity index (χ0n) is 14.0. The maximum atomic E-state index is 4.85. The molecule has 2 aromatic rings. The summed E-state index contributed by atoms with van der Waals surface area (Å²) in [7, 11) is 2.25. The van der Waals surface area contributed by atoms with E-state index in [0.717, 1.165) is 43.6 Å². The quantitative estimate of drug-likeness (QED) is 0.850. The van der Waals surface area contributed by atoms with E-state index in [1.54, 1.807) is 0 Å². The number of nitrogens with zero attached hydrogens (tertiary/aromatic N) is 4. The maximum absolute atomic E-state index is 4.85. The van der Waals surface area contributed by atoms with Crippen molar-refractivity contribution in [3.05, 3.63) is 36.4 Å². The van der Waals surface area contributed by atoms with Crippen LogP contribution in [0.1, 0.15) is 12.8 Å². The summed E-state index contributed by atoms with van der Waals surface area (Å²) in [4.78, 5) is 12.5. The van der Waals surface area contributed by atoms with E-state index in [1.165, 1.54) is 31.3 Å². The first kappa shape index (κ1) is 14.9. The molecule has 2 fully saturated rings. The van der Waals surface area contributed by atoms with E-state index in [2.05, 4.69) is 58.1 Å². The minimum absolute atomic E-state index is 0.750. The molecule has 0 bridgehead atoms. The smallest absolute Gasteiger partial charge is 0.129 e. The number of piperazine rings is 1. The summed E-state index contributed by atoms with van der Waals surface area (Å²) in [6.45, 7) is 6.99. The van der Waals surface area contributed by atoms with Crippen molar-refractivity contribution in [2.24, 2.45) is 0 Å². The molecular weight excluding hydrogens is 284 g/mol. The predicted octanol–water partition coefficient (Wildman–Crippen LogP) is 2.45. The Bertz CT molecular complexity index is 663. The van der Waals surface area contributed by atoms with E-state index < -0.39 is 0 Å². The number of pyridine rings is 1. The lowest BCUT2D eigenvalue weighted by molar-refractivity contribution is 0.106. The van der Waals surface area contributed by atoms with Crippen LogP contribution in [-0.2, 0) is 0 Å².